The van der Waals surface area contributed by atoms with Crippen LogP contribution in [-0.2, 0) is 32.6 Å². The normalized spacial score (nSPS) is 12.1. The molecule has 10 heteroatoms. The summed E-state index contributed by atoms with van der Waals surface area (Å²) >= 11 is 12.9. The molecule has 0 saturated heterocycles. The quantitative estimate of drug-likeness (QED) is 0.335. The van der Waals surface area contributed by atoms with Gasteiger partial charge in [0, 0.05) is 35.1 Å². The molecule has 3 rings (SSSR count). The van der Waals surface area contributed by atoms with Gasteiger partial charge in [-0.15, -0.1) is 0 Å². The highest BCUT2D eigenvalue weighted by atomic mass is 35.5. The van der Waals surface area contributed by atoms with Crippen molar-refractivity contribution in [3.8, 4) is 0 Å². The van der Waals surface area contributed by atoms with Gasteiger partial charge in [-0.05, 0) is 49.6 Å². The lowest BCUT2D eigenvalue weighted by Gasteiger charge is -2.34. The van der Waals surface area contributed by atoms with E-state index in [0.717, 1.165) is 16.1 Å². The fourth-order valence-corrected chi connectivity index (χ4v) is 5.96. The number of halogens is 2. The van der Waals surface area contributed by atoms with Crippen LogP contribution < -0.4 is 9.62 Å². The molecule has 0 aliphatic heterocycles. The number of likely N-dealkylation sites (N-methyl/N-ethyl adjacent to an activating group) is 1. The Kier molecular flexibility index (Phi) is 10.4. The molecule has 0 saturated carbocycles. The zero-order chi connectivity index (χ0) is 28.7. The van der Waals surface area contributed by atoms with E-state index in [0.29, 0.717) is 39.0 Å². The van der Waals surface area contributed by atoms with Gasteiger partial charge in [0.05, 0.1) is 11.9 Å². The van der Waals surface area contributed by atoms with Crippen molar-refractivity contribution in [2.24, 2.45) is 0 Å². The van der Waals surface area contributed by atoms with Crippen molar-refractivity contribution in [3.63, 3.8) is 0 Å². The number of carbonyl (C=O) groups is 2. The topological polar surface area (TPSA) is 86.8 Å². The molecule has 3 aromatic carbocycles. The van der Waals surface area contributed by atoms with Crippen LogP contribution in [0.15, 0.2) is 66.7 Å². The lowest BCUT2D eigenvalue weighted by atomic mass is 10.0. The van der Waals surface area contributed by atoms with Crippen molar-refractivity contribution in [1.82, 2.24) is 10.2 Å². The van der Waals surface area contributed by atoms with Gasteiger partial charge in [-0.2, -0.15) is 0 Å². The zero-order valence-electron chi connectivity index (χ0n) is 22.4. The minimum atomic E-state index is -3.86. The first-order chi connectivity index (χ1) is 18.4. The predicted molar refractivity (Wildman–Crippen MR) is 158 cm³/mol. The average Bonchev–Trinajstić information content (AvgIpc) is 2.87. The van der Waals surface area contributed by atoms with E-state index in [9.17, 15) is 18.0 Å². The molecule has 3 aromatic rings. The molecule has 39 heavy (non-hydrogen) atoms. The summed E-state index contributed by atoms with van der Waals surface area (Å²) in [5.41, 5.74) is 3.15. The number of hydrogen-bond donors (Lipinski definition) is 1. The highest BCUT2D eigenvalue weighted by Gasteiger charge is 2.34. The SMILES string of the molecule is CCNC(=O)[C@@H](Cc1ccccc1)N(Cc1c(Cl)cccc1Cl)C(=O)CN(c1c(C)cccc1C)S(C)(=O)=O. The van der Waals surface area contributed by atoms with E-state index >= 15 is 0 Å². The third-order valence-electron chi connectivity index (χ3n) is 6.38. The number of nitrogens with one attached hydrogen (secondary N) is 1. The Hall–Kier alpha value is -3.07. The van der Waals surface area contributed by atoms with E-state index in [1.54, 1.807) is 51.1 Å². The van der Waals surface area contributed by atoms with Gasteiger partial charge in [0.25, 0.3) is 0 Å². The molecule has 0 spiro atoms. The van der Waals surface area contributed by atoms with Crippen LogP contribution >= 0.6 is 23.2 Å². The van der Waals surface area contributed by atoms with E-state index < -0.39 is 28.5 Å². The summed E-state index contributed by atoms with van der Waals surface area (Å²) in [4.78, 5) is 28.9. The minimum absolute atomic E-state index is 0.0870. The smallest absolute Gasteiger partial charge is 0.244 e. The van der Waals surface area contributed by atoms with Crippen LogP contribution in [0.4, 0.5) is 5.69 Å². The predicted octanol–water partition coefficient (Wildman–Crippen LogP) is 5.15. The molecular formula is C29H33Cl2N3O4S. The molecule has 2 amide bonds. The summed E-state index contributed by atoms with van der Waals surface area (Å²) < 4.78 is 27.1. The summed E-state index contributed by atoms with van der Waals surface area (Å²) in [5.74, 6) is -0.929. The monoisotopic (exact) mass is 589 g/mol. The first kappa shape index (κ1) is 30.5. The van der Waals surface area contributed by atoms with Gasteiger partial charge >= 0.3 is 0 Å². The fraction of sp³-hybridized carbons (Fsp3) is 0.310. The van der Waals surface area contributed by atoms with Crippen molar-refractivity contribution in [2.45, 2.75) is 39.8 Å². The lowest BCUT2D eigenvalue weighted by Crippen LogP contribution is -2.53. The molecule has 0 aromatic heterocycles. The Balaban J connectivity index is 2.12. The molecule has 1 N–H and O–H groups in total. The zero-order valence-corrected chi connectivity index (χ0v) is 24.8. The molecule has 0 heterocycles. The first-order valence-corrected chi connectivity index (χ1v) is 15.1. The van der Waals surface area contributed by atoms with Crippen LogP contribution in [0.2, 0.25) is 10.0 Å². The molecule has 0 radical (unpaired) electrons. The van der Waals surface area contributed by atoms with Crippen LogP contribution in [0.5, 0.6) is 0 Å². The average molecular weight is 591 g/mol. The number of amides is 2. The van der Waals surface area contributed by atoms with Crippen molar-refractivity contribution in [3.05, 3.63) is 99.0 Å². The van der Waals surface area contributed by atoms with Gasteiger partial charge in [-0.25, -0.2) is 8.42 Å². The number of carbonyl (C=O) groups excluding carboxylic acids is 2. The van der Waals surface area contributed by atoms with E-state index in [1.807, 2.05) is 36.4 Å². The van der Waals surface area contributed by atoms with Gasteiger partial charge in [0.2, 0.25) is 21.8 Å². The van der Waals surface area contributed by atoms with E-state index in [4.69, 9.17) is 23.2 Å². The minimum Gasteiger partial charge on any atom is -0.355 e. The largest absolute Gasteiger partial charge is 0.355 e. The first-order valence-electron chi connectivity index (χ1n) is 12.5. The summed E-state index contributed by atoms with van der Waals surface area (Å²) in [7, 11) is -3.86. The standard InChI is InChI=1S/C29H33Cl2N3O4S/c1-5-32-29(36)26(17-22-13-7-6-8-14-22)33(18-23-24(30)15-10-16-25(23)31)27(35)19-34(39(4,37)38)28-20(2)11-9-12-21(28)3/h6-16,26H,5,17-19H2,1-4H3,(H,32,36)/t26-/m1/s1. The molecule has 7 nitrogen and oxygen atoms in total. The summed E-state index contributed by atoms with van der Waals surface area (Å²) in [6.07, 6.45) is 1.27. The second-order valence-corrected chi connectivity index (χ2v) is 12.1. The molecule has 1 atom stereocenters. The van der Waals surface area contributed by atoms with E-state index in [2.05, 4.69) is 5.32 Å². The second-order valence-electron chi connectivity index (χ2n) is 9.33. The molecule has 208 valence electrons. The van der Waals surface area contributed by atoms with Crippen LogP contribution in [0.25, 0.3) is 0 Å². The highest BCUT2D eigenvalue weighted by Crippen LogP contribution is 2.29. The molecule has 0 fully saturated rings. The Morgan fingerprint density at radius 3 is 2.00 bits per heavy atom. The van der Waals surface area contributed by atoms with Crippen LogP contribution in [-0.4, -0.2) is 50.5 Å². The van der Waals surface area contributed by atoms with E-state index in [1.165, 1.54) is 4.90 Å². The molecule has 0 unspecified atom stereocenters. The number of benzene rings is 3. The number of para-hydroxylation sites is 1. The maximum absolute atomic E-state index is 14.1. The number of anilines is 1. The third-order valence-corrected chi connectivity index (χ3v) is 8.20. The molecule has 0 aliphatic rings. The van der Waals surface area contributed by atoms with Gasteiger partial charge < -0.3 is 10.2 Å². The van der Waals surface area contributed by atoms with Gasteiger partial charge in [-0.3, -0.25) is 13.9 Å². The highest BCUT2D eigenvalue weighted by molar-refractivity contribution is 7.92. The molecular weight excluding hydrogens is 557 g/mol. The second kappa shape index (κ2) is 13.3. The van der Waals surface area contributed by atoms with Crippen molar-refractivity contribution >= 4 is 50.7 Å². The number of nitrogens with zero attached hydrogens (tertiary/aromatic N) is 2. The maximum atomic E-state index is 14.1. The van der Waals surface area contributed by atoms with Crippen molar-refractivity contribution in [1.29, 1.82) is 0 Å². The number of sulfonamides is 1. The van der Waals surface area contributed by atoms with Gasteiger partial charge in [0.15, 0.2) is 0 Å². The van der Waals surface area contributed by atoms with Crippen LogP contribution in [0, 0.1) is 13.8 Å². The summed E-state index contributed by atoms with van der Waals surface area (Å²) in [5, 5.41) is 3.49. The summed E-state index contributed by atoms with van der Waals surface area (Å²) in [6.45, 7) is 5.14. The fourth-order valence-electron chi connectivity index (χ4n) is 4.47. The summed E-state index contributed by atoms with van der Waals surface area (Å²) in [6, 6.07) is 18.8. The van der Waals surface area contributed by atoms with Crippen LogP contribution in [0.1, 0.15) is 29.2 Å². The van der Waals surface area contributed by atoms with E-state index in [-0.39, 0.29) is 18.9 Å². The Morgan fingerprint density at radius 1 is 0.897 bits per heavy atom. The lowest BCUT2D eigenvalue weighted by molar-refractivity contribution is -0.140. The van der Waals surface area contributed by atoms with Crippen LogP contribution in [0.3, 0.4) is 0 Å². The number of aryl methyl sites for hydroxylation is 2. The van der Waals surface area contributed by atoms with Gasteiger partial charge in [0.1, 0.15) is 12.6 Å². The maximum Gasteiger partial charge on any atom is 0.244 e. The molecule has 0 aliphatic carbocycles. The number of hydrogen-bond acceptors (Lipinski definition) is 4. The van der Waals surface area contributed by atoms with Crippen molar-refractivity contribution < 1.29 is 18.0 Å². The van der Waals surface area contributed by atoms with Gasteiger partial charge in [-0.1, -0.05) is 77.8 Å². The Labute approximate surface area is 240 Å². The Bertz CT molecular complexity index is 1390. The van der Waals surface area contributed by atoms with Crippen molar-refractivity contribution in [2.75, 3.05) is 23.7 Å². The number of rotatable bonds is 11. The third kappa shape index (κ3) is 7.75. The molecule has 0 bridgehead atoms. The Morgan fingerprint density at radius 2 is 1.46 bits per heavy atom.